The smallest absolute Gasteiger partial charge is 0.0370 e. The zero-order valence-electron chi connectivity index (χ0n) is 10.4. The van der Waals surface area contributed by atoms with E-state index in [-0.39, 0.29) is 0 Å². The Hall–Kier alpha value is -0.540. The van der Waals surface area contributed by atoms with Gasteiger partial charge in [-0.15, -0.1) is 0 Å². The molecule has 1 fully saturated rings. The summed E-state index contributed by atoms with van der Waals surface area (Å²) in [7, 11) is 0. The second kappa shape index (κ2) is 6.41. The molecule has 1 aromatic carbocycles. The van der Waals surface area contributed by atoms with Crippen LogP contribution in [0.3, 0.4) is 0 Å². The molecule has 0 aromatic heterocycles. The lowest BCUT2D eigenvalue weighted by Gasteiger charge is -2.23. The van der Waals surface area contributed by atoms with Crippen LogP contribution >= 0.6 is 15.9 Å². The number of anilines is 1. The Balaban J connectivity index is 1.77. The topological polar surface area (TPSA) is 24.1 Å². The average molecular weight is 297 g/mol. The normalized spacial score (nSPS) is 20.2. The van der Waals surface area contributed by atoms with E-state index in [0.29, 0.717) is 6.04 Å². The van der Waals surface area contributed by atoms with Crippen molar-refractivity contribution in [1.82, 2.24) is 5.32 Å². The van der Waals surface area contributed by atoms with Crippen LogP contribution in [0.15, 0.2) is 22.7 Å². The molecule has 2 rings (SSSR count). The standard InChI is InChI=1S/C14H21BrN2/c1-11-10-12(15)5-6-14(11)17-9-7-13-4-2-3-8-16-13/h5-6,10,13,16-17H,2-4,7-9H2,1H3. The van der Waals surface area contributed by atoms with Crippen LogP contribution in [-0.2, 0) is 0 Å². The van der Waals surface area contributed by atoms with E-state index in [1.54, 1.807) is 0 Å². The molecule has 1 unspecified atom stereocenters. The van der Waals surface area contributed by atoms with Crippen molar-refractivity contribution in [1.29, 1.82) is 0 Å². The highest BCUT2D eigenvalue weighted by Crippen LogP contribution is 2.20. The third-order valence-electron chi connectivity index (χ3n) is 3.41. The molecule has 94 valence electrons. The van der Waals surface area contributed by atoms with Crippen molar-refractivity contribution < 1.29 is 0 Å². The lowest BCUT2D eigenvalue weighted by molar-refractivity contribution is 0.389. The first-order chi connectivity index (χ1) is 8.25. The minimum atomic E-state index is 0.715. The van der Waals surface area contributed by atoms with Crippen molar-refractivity contribution in [3.8, 4) is 0 Å². The molecule has 1 heterocycles. The summed E-state index contributed by atoms with van der Waals surface area (Å²) in [6, 6.07) is 7.11. The number of hydrogen-bond acceptors (Lipinski definition) is 2. The highest BCUT2D eigenvalue weighted by Gasteiger charge is 2.11. The fraction of sp³-hybridized carbons (Fsp3) is 0.571. The summed E-state index contributed by atoms with van der Waals surface area (Å²) >= 11 is 3.49. The van der Waals surface area contributed by atoms with Crippen molar-refractivity contribution in [2.75, 3.05) is 18.4 Å². The molecule has 0 bridgehead atoms. The number of piperidine rings is 1. The maximum absolute atomic E-state index is 3.58. The van der Waals surface area contributed by atoms with Crippen LogP contribution < -0.4 is 10.6 Å². The average Bonchev–Trinajstić information content (AvgIpc) is 2.33. The van der Waals surface area contributed by atoms with E-state index in [9.17, 15) is 0 Å². The first-order valence-electron chi connectivity index (χ1n) is 6.49. The molecule has 0 aliphatic carbocycles. The minimum Gasteiger partial charge on any atom is -0.385 e. The van der Waals surface area contributed by atoms with Crippen molar-refractivity contribution >= 4 is 21.6 Å². The Bertz CT molecular complexity index is 359. The number of aryl methyl sites for hydroxylation is 1. The predicted octanol–water partition coefficient (Wildman–Crippen LogP) is 3.70. The Kier molecular flexibility index (Phi) is 4.86. The van der Waals surface area contributed by atoms with Crippen LogP contribution in [0.25, 0.3) is 0 Å². The monoisotopic (exact) mass is 296 g/mol. The largest absolute Gasteiger partial charge is 0.385 e. The van der Waals surface area contributed by atoms with Gasteiger partial charge in [0, 0.05) is 22.7 Å². The summed E-state index contributed by atoms with van der Waals surface area (Å²) < 4.78 is 1.15. The second-order valence-electron chi connectivity index (χ2n) is 4.82. The van der Waals surface area contributed by atoms with Gasteiger partial charge in [0.25, 0.3) is 0 Å². The Morgan fingerprint density at radius 2 is 2.29 bits per heavy atom. The molecule has 0 amide bonds. The molecule has 1 aliphatic heterocycles. The van der Waals surface area contributed by atoms with Crippen LogP contribution in [0, 0.1) is 6.92 Å². The molecule has 0 radical (unpaired) electrons. The molecule has 1 aliphatic rings. The molecule has 0 saturated carbocycles. The quantitative estimate of drug-likeness (QED) is 0.885. The van der Waals surface area contributed by atoms with E-state index in [1.807, 2.05) is 0 Å². The molecule has 2 N–H and O–H groups in total. The molecular weight excluding hydrogens is 276 g/mol. The summed E-state index contributed by atoms with van der Waals surface area (Å²) in [4.78, 5) is 0. The van der Waals surface area contributed by atoms with E-state index < -0.39 is 0 Å². The summed E-state index contributed by atoms with van der Waals surface area (Å²) in [5.74, 6) is 0. The lowest BCUT2D eigenvalue weighted by Crippen LogP contribution is -2.35. The maximum Gasteiger partial charge on any atom is 0.0370 e. The molecule has 1 saturated heterocycles. The summed E-state index contributed by atoms with van der Waals surface area (Å²) in [6.07, 6.45) is 5.28. The number of halogens is 1. The fourth-order valence-electron chi connectivity index (χ4n) is 2.38. The van der Waals surface area contributed by atoms with Gasteiger partial charge in [0.2, 0.25) is 0 Å². The number of benzene rings is 1. The van der Waals surface area contributed by atoms with Gasteiger partial charge in [0.1, 0.15) is 0 Å². The summed E-state index contributed by atoms with van der Waals surface area (Å²) in [5, 5.41) is 7.11. The maximum atomic E-state index is 3.58. The van der Waals surface area contributed by atoms with E-state index in [2.05, 4.69) is 51.7 Å². The van der Waals surface area contributed by atoms with Crippen LogP contribution in [0.5, 0.6) is 0 Å². The molecule has 1 atom stereocenters. The van der Waals surface area contributed by atoms with Crippen molar-refractivity contribution in [2.24, 2.45) is 0 Å². The van der Waals surface area contributed by atoms with Gasteiger partial charge in [-0.2, -0.15) is 0 Å². The predicted molar refractivity (Wildman–Crippen MR) is 77.6 cm³/mol. The van der Waals surface area contributed by atoms with E-state index >= 15 is 0 Å². The first-order valence-corrected chi connectivity index (χ1v) is 7.28. The summed E-state index contributed by atoms with van der Waals surface area (Å²) in [5.41, 5.74) is 2.56. The minimum absolute atomic E-state index is 0.715. The van der Waals surface area contributed by atoms with Crippen LogP contribution in [-0.4, -0.2) is 19.1 Å². The van der Waals surface area contributed by atoms with Gasteiger partial charge in [0.05, 0.1) is 0 Å². The highest BCUT2D eigenvalue weighted by molar-refractivity contribution is 9.10. The number of nitrogens with one attached hydrogen (secondary N) is 2. The molecule has 17 heavy (non-hydrogen) atoms. The van der Waals surface area contributed by atoms with E-state index in [0.717, 1.165) is 11.0 Å². The van der Waals surface area contributed by atoms with Crippen LogP contribution in [0.1, 0.15) is 31.2 Å². The van der Waals surface area contributed by atoms with Crippen LogP contribution in [0.2, 0.25) is 0 Å². The molecule has 0 spiro atoms. The molecular formula is C14H21BrN2. The van der Waals surface area contributed by atoms with Crippen molar-refractivity contribution in [2.45, 2.75) is 38.6 Å². The van der Waals surface area contributed by atoms with E-state index in [4.69, 9.17) is 0 Å². The van der Waals surface area contributed by atoms with Gasteiger partial charge in [-0.1, -0.05) is 22.4 Å². The van der Waals surface area contributed by atoms with Gasteiger partial charge >= 0.3 is 0 Å². The third-order valence-corrected chi connectivity index (χ3v) is 3.90. The zero-order chi connectivity index (χ0) is 12.1. The summed E-state index contributed by atoms with van der Waals surface area (Å²) in [6.45, 7) is 4.40. The van der Waals surface area contributed by atoms with Gasteiger partial charge < -0.3 is 10.6 Å². The Morgan fingerprint density at radius 3 is 3.00 bits per heavy atom. The molecule has 3 heteroatoms. The molecule has 1 aromatic rings. The lowest BCUT2D eigenvalue weighted by atomic mass is 10.0. The van der Waals surface area contributed by atoms with Gasteiger partial charge in [-0.05, 0) is 56.5 Å². The number of hydrogen-bond donors (Lipinski definition) is 2. The Morgan fingerprint density at radius 1 is 1.41 bits per heavy atom. The van der Waals surface area contributed by atoms with Crippen molar-refractivity contribution in [3.63, 3.8) is 0 Å². The first kappa shape index (κ1) is 12.9. The second-order valence-corrected chi connectivity index (χ2v) is 5.74. The van der Waals surface area contributed by atoms with E-state index in [1.165, 1.54) is 43.5 Å². The van der Waals surface area contributed by atoms with Gasteiger partial charge in [-0.3, -0.25) is 0 Å². The van der Waals surface area contributed by atoms with Gasteiger partial charge in [0.15, 0.2) is 0 Å². The zero-order valence-corrected chi connectivity index (χ0v) is 12.0. The highest BCUT2D eigenvalue weighted by atomic mass is 79.9. The number of rotatable bonds is 4. The van der Waals surface area contributed by atoms with Crippen LogP contribution in [0.4, 0.5) is 5.69 Å². The fourth-order valence-corrected chi connectivity index (χ4v) is 2.85. The third kappa shape index (κ3) is 4.00. The van der Waals surface area contributed by atoms with Crippen molar-refractivity contribution in [3.05, 3.63) is 28.2 Å². The Labute approximate surface area is 112 Å². The van der Waals surface area contributed by atoms with Gasteiger partial charge in [-0.25, -0.2) is 0 Å². The SMILES string of the molecule is Cc1cc(Br)ccc1NCCC1CCCCN1. The molecule has 2 nitrogen and oxygen atoms in total.